The summed E-state index contributed by atoms with van der Waals surface area (Å²) < 4.78 is 12.3. The molecule has 0 bridgehead atoms. The Hall–Kier alpha value is -3.55. The van der Waals surface area contributed by atoms with Crippen molar-refractivity contribution in [3.63, 3.8) is 0 Å². The normalized spacial score (nSPS) is 10.8. The Morgan fingerprint density at radius 1 is 1.03 bits per heavy atom. The van der Waals surface area contributed by atoms with Crippen LogP contribution in [-0.2, 0) is 13.0 Å². The molecular formula is C21H22N2O6. The van der Waals surface area contributed by atoms with Gasteiger partial charge in [-0.2, -0.15) is 0 Å². The van der Waals surface area contributed by atoms with Gasteiger partial charge in [0.05, 0.1) is 29.7 Å². The highest BCUT2D eigenvalue weighted by molar-refractivity contribution is 5.92. The maximum atomic E-state index is 12.7. The summed E-state index contributed by atoms with van der Waals surface area (Å²) in [5.41, 5.74) is 0.0566. The first-order valence-electron chi connectivity index (χ1n) is 9.33. The fourth-order valence-corrected chi connectivity index (χ4v) is 3.08. The van der Waals surface area contributed by atoms with Crippen LogP contribution < -0.4 is 20.7 Å². The summed E-state index contributed by atoms with van der Waals surface area (Å²) in [7, 11) is 0. The van der Waals surface area contributed by atoms with Crippen LogP contribution in [0.2, 0.25) is 0 Å². The molecule has 0 radical (unpaired) electrons. The van der Waals surface area contributed by atoms with Crippen LogP contribution in [0.1, 0.15) is 29.8 Å². The van der Waals surface area contributed by atoms with E-state index >= 15 is 0 Å². The van der Waals surface area contributed by atoms with Gasteiger partial charge in [-0.1, -0.05) is 6.07 Å². The van der Waals surface area contributed by atoms with Crippen LogP contribution in [0.4, 0.5) is 0 Å². The zero-order chi connectivity index (χ0) is 21.0. The topological polar surface area (TPSA) is 111 Å². The molecule has 8 heteroatoms. The van der Waals surface area contributed by atoms with Crippen molar-refractivity contribution >= 4 is 16.9 Å². The van der Waals surface area contributed by atoms with E-state index in [0.29, 0.717) is 31.1 Å². The number of aryl methyl sites for hydroxylation is 1. The van der Waals surface area contributed by atoms with Crippen LogP contribution in [0.25, 0.3) is 10.9 Å². The van der Waals surface area contributed by atoms with E-state index in [-0.39, 0.29) is 23.0 Å². The molecule has 0 aliphatic carbocycles. The van der Waals surface area contributed by atoms with Crippen LogP contribution in [0, 0.1) is 0 Å². The van der Waals surface area contributed by atoms with Gasteiger partial charge in [0, 0.05) is 6.54 Å². The standard InChI is InChI=1S/C21H22N2O6/c1-3-28-17-8-5-13(11-18(17)29-4-2)9-10-23-19(24)15-7-6-14(20(25)26)12-16(15)22-21(23)27/h5-8,11-12H,3-4,9-10H2,1-2H3,(H,22,27)(H,25,26). The number of carboxylic acids is 1. The fourth-order valence-electron chi connectivity index (χ4n) is 3.08. The van der Waals surface area contributed by atoms with Gasteiger partial charge in [0.25, 0.3) is 5.56 Å². The number of aromatic nitrogens is 2. The number of fused-ring (bicyclic) bond motifs is 1. The third kappa shape index (κ3) is 4.31. The van der Waals surface area contributed by atoms with E-state index in [1.807, 2.05) is 32.0 Å². The molecule has 0 fully saturated rings. The summed E-state index contributed by atoms with van der Waals surface area (Å²) in [6.45, 7) is 4.95. The molecular weight excluding hydrogens is 376 g/mol. The molecule has 0 saturated carbocycles. The maximum absolute atomic E-state index is 12.7. The predicted molar refractivity (Wildman–Crippen MR) is 108 cm³/mol. The van der Waals surface area contributed by atoms with Gasteiger partial charge in [0.2, 0.25) is 0 Å². The molecule has 2 N–H and O–H groups in total. The van der Waals surface area contributed by atoms with E-state index < -0.39 is 17.2 Å². The average molecular weight is 398 g/mol. The summed E-state index contributed by atoms with van der Waals surface area (Å²) in [6.07, 6.45) is 0.439. The molecule has 3 rings (SSSR count). The van der Waals surface area contributed by atoms with E-state index in [1.54, 1.807) is 0 Å². The Morgan fingerprint density at radius 2 is 1.76 bits per heavy atom. The Bertz CT molecular complexity index is 1160. The number of carbonyl (C=O) groups is 1. The van der Waals surface area contributed by atoms with Crippen LogP contribution in [0.15, 0.2) is 46.0 Å². The smallest absolute Gasteiger partial charge is 0.335 e. The number of hydrogen-bond donors (Lipinski definition) is 2. The Balaban J connectivity index is 1.90. The lowest BCUT2D eigenvalue weighted by Crippen LogP contribution is -2.35. The minimum atomic E-state index is -1.13. The van der Waals surface area contributed by atoms with Gasteiger partial charge in [0.15, 0.2) is 11.5 Å². The second-order valence-electron chi connectivity index (χ2n) is 6.35. The second kappa shape index (κ2) is 8.64. The molecule has 152 valence electrons. The van der Waals surface area contributed by atoms with Crippen molar-refractivity contribution in [1.82, 2.24) is 9.55 Å². The van der Waals surface area contributed by atoms with E-state index in [1.165, 1.54) is 18.2 Å². The quantitative estimate of drug-likeness (QED) is 0.603. The van der Waals surface area contributed by atoms with E-state index in [4.69, 9.17) is 14.6 Å². The number of aromatic carboxylic acids is 1. The molecule has 0 aliphatic rings. The van der Waals surface area contributed by atoms with E-state index in [9.17, 15) is 14.4 Å². The highest BCUT2D eigenvalue weighted by Gasteiger charge is 2.12. The third-order valence-electron chi connectivity index (χ3n) is 4.46. The van der Waals surface area contributed by atoms with Crippen molar-refractivity contribution in [2.24, 2.45) is 0 Å². The summed E-state index contributed by atoms with van der Waals surface area (Å²) >= 11 is 0. The fraction of sp³-hybridized carbons (Fsp3) is 0.286. The predicted octanol–water partition coefficient (Wildman–Crippen LogP) is 2.43. The lowest BCUT2D eigenvalue weighted by atomic mass is 10.1. The summed E-state index contributed by atoms with van der Waals surface area (Å²) in [5.74, 6) is 0.137. The summed E-state index contributed by atoms with van der Waals surface area (Å²) in [5, 5.41) is 9.33. The minimum Gasteiger partial charge on any atom is -0.490 e. The van der Waals surface area contributed by atoms with Gasteiger partial charge in [-0.3, -0.25) is 9.36 Å². The first-order chi connectivity index (χ1) is 13.9. The number of benzene rings is 2. The largest absolute Gasteiger partial charge is 0.490 e. The van der Waals surface area contributed by atoms with Gasteiger partial charge in [0.1, 0.15) is 0 Å². The number of nitrogens with zero attached hydrogens (tertiary/aromatic N) is 1. The highest BCUT2D eigenvalue weighted by Crippen LogP contribution is 2.28. The number of carboxylic acid groups (broad SMARTS) is 1. The molecule has 0 spiro atoms. The minimum absolute atomic E-state index is 0.00291. The lowest BCUT2D eigenvalue weighted by molar-refractivity contribution is 0.0697. The number of nitrogens with one attached hydrogen (secondary N) is 1. The molecule has 0 saturated heterocycles. The first-order valence-corrected chi connectivity index (χ1v) is 9.33. The maximum Gasteiger partial charge on any atom is 0.335 e. The molecule has 1 heterocycles. The van der Waals surface area contributed by atoms with Crippen molar-refractivity contribution in [3.05, 3.63) is 68.4 Å². The molecule has 0 atom stereocenters. The second-order valence-corrected chi connectivity index (χ2v) is 6.35. The van der Waals surface area contributed by atoms with E-state index in [2.05, 4.69) is 4.98 Å². The first kappa shape index (κ1) is 20.2. The van der Waals surface area contributed by atoms with Gasteiger partial charge in [-0.05, 0) is 56.2 Å². The Labute approximate surface area is 166 Å². The average Bonchev–Trinajstić information content (AvgIpc) is 2.69. The molecule has 3 aromatic rings. The van der Waals surface area contributed by atoms with Crippen molar-refractivity contribution in [1.29, 1.82) is 0 Å². The van der Waals surface area contributed by atoms with Gasteiger partial charge < -0.3 is 19.6 Å². The molecule has 2 aromatic carbocycles. The van der Waals surface area contributed by atoms with Crippen LogP contribution in [-0.4, -0.2) is 33.8 Å². The lowest BCUT2D eigenvalue weighted by Gasteiger charge is -2.13. The highest BCUT2D eigenvalue weighted by atomic mass is 16.5. The van der Waals surface area contributed by atoms with Crippen molar-refractivity contribution in [2.45, 2.75) is 26.8 Å². The zero-order valence-electron chi connectivity index (χ0n) is 16.2. The molecule has 0 unspecified atom stereocenters. The number of H-pyrrole nitrogens is 1. The van der Waals surface area contributed by atoms with Gasteiger partial charge in [-0.25, -0.2) is 9.59 Å². The molecule has 0 amide bonds. The number of rotatable bonds is 8. The van der Waals surface area contributed by atoms with Crippen LogP contribution in [0.5, 0.6) is 11.5 Å². The molecule has 0 aliphatic heterocycles. The molecule has 1 aromatic heterocycles. The summed E-state index contributed by atoms with van der Waals surface area (Å²) in [6, 6.07) is 9.56. The Kier molecular flexibility index (Phi) is 6.01. The van der Waals surface area contributed by atoms with Crippen molar-refractivity contribution < 1.29 is 19.4 Å². The van der Waals surface area contributed by atoms with Gasteiger partial charge in [-0.15, -0.1) is 0 Å². The van der Waals surface area contributed by atoms with Crippen molar-refractivity contribution in [2.75, 3.05) is 13.2 Å². The monoisotopic (exact) mass is 398 g/mol. The van der Waals surface area contributed by atoms with Crippen molar-refractivity contribution in [3.8, 4) is 11.5 Å². The van der Waals surface area contributed by atoms with Gasteiger partial charge >= 0.3 is 11.7 Å². The van der Waals surface area contributed by atoms with Crippen LogP contribution in [0.3, 0.4) is 0 Å². The zero-order valence-corrected chi connectivity index (χ0v) is 16.2. The number of hydrogen-bond acceptors (Lipinski definition) is 5. The number of aromatic amines is 1. The SMILES string of the molecule is CCOc1ccc(CCn2c(=O)[nH]c3cc(C(=O)O)ccc3c2=O)cc1OCC. The van der Waals surface area contributed by atoms with Crippen LogP contribution >= 0.6 is 0 Å². The third-order valence-corrected chi connectivity index (χ3v) is 4.46. The molecule has 8 nitrogen and oxygen atoms in total. The molecule has 29 heavy (non-hydrogen) atoms. The Morgan fingerprint density at radius 3 is 2.45 bits per heavy atom. The number of ether oxygens (including phenoxy) is 2. The summed E-state index contributed by atoms with van der Waals surface area (Å²) in [4.78, 5) is 38.8. The van der Waals surface area contributed by atoms with E-state index in [0.717, 1.165) is 10.1 Å².